The minimum atomic E-state index is -0.514. The van der Waals surface area contributed by atoms with E-state index in [0.29, 0.717) is 18.1 Å². The number of ether oxygens (including phenoxy) is 2. The maximum absolute atomic E-state index is 11.8. The number of carbonyl (C=O) groups excluding carboxylic acids is 2. The molecule has 0 heterocycles. The van der Waals surface area contributed by atoms with Crippen molar-refractivity contribution < 1.29 is 19.1 Å². The fourth-order valence-corrected chi connectivity index (χ4v) is 3.20. The van der Waals surface area contributed by atoms with Crippen molar-refractivity contribution in [3.05, 3.63) is 27.2 Å². The first kappa shape index (κ1) is 23.1. The van der Waals surface area contributed by atoms with Gasteiger partial charge < -0.3 is 9.47 Å². The Morgan fingerprint density at radius 2 is 1.42 bits per heavy atom. The van der Waals surface area contributed by atoms with Crippen LogP contribution in [0.25, 0.3) is 0 Å². The zero-order chi connectivity index (χ0) is 19.4. The molecule has 0 aromatic heterocycles. The van der Waals surface area contributed by atoms with E-state index in [-0.39, 0.29) is 34.6 Å². The number of halogens is 3. The maximum atomic E-state index is 11.8. The molecule has 1 rings (SSSR count). The Hall–Kier alpha value is -0.970. The topological polar surface area (TPSA) is 52.6 Å². The molecule has 0 atom stereocenters. The van der Waals surface area contributed by atoms with Crippen LogP contribution in [0.5, 0.6) is 5.75 Å². The average molecular weight is 424 g/mol. The molecule has 0 aliphatic heterocycles. The summed E-state index contributed by atoms with van der Waals surface area (Å²) in [6.45, 7) is 2.61. The molecule has 0 aliphatic rings. The van der Waals surface area contributed by atoms with Crippen molar-refractivity contribution in [2.24, 2.45) is 0 Å². The monoisotopic (exact) mass is 422 g/mol. The molecule has 0 aliphatic carbocycles. The summed E-state index contributed by atoms with van der Waals surface area (Å²) in [4.78, 5) is 23.5. The highest BCUT2D eigenvalue weighted by Gasteiger charge is 2.14. The highest BCUT2D eigenvalue weighted by Crippen LogP contribution is 2.36. The Morgan fingerprint density at radius 3 is 2.08 bits per heavy atom. The average Bonchev–Trinajstić information content (AvgIpc) is 2.57. The predicted octanol–water partition coefficient (Wildman–Crippen LogP) is 6.63. The van der Waals surface area contributed by atoms with Gasteiger partial charge in [-0.1, -0.05) is 73.8 Å². The van der Waals surface area contributed by atoms with Gasteiger partial charge in [-0.15, -0.1) is 0 Å². The Kier molecular flexibility index (Phi) is 11.7. The van der Waals surface area contributed by atoms with Crippen LogP contribution in [0, 0.1) is 0 Å². The van der Waals surface area contributed by atoms with Crippen molar-refractivity contribution in [1.82, 2.24) is 0 Å². The van der Waals surface area contributed by atoms with Gasteiger partial charge in [-0.25, -0.2) is 0 Å². The van der Waals surface area contributed by atoms with Gasteiger partial charge in [0.2, 0.25) is 0 Å². The lowest BCUT2D eigenvalue weighted by atomic mass is 10.1. The molecule has 0 fully saturated rings. The summed E-state index contributed by atoms with van der Waals surface area (Å²) >= 11 is 17.7. The third-order valence-electron chi connectivity index (χ3n) is 3.70. The van der Waals surface area contributed by atoms with E-state index in [1.54, 1.807) is 0 Å². The van der Waals surface area contributed by atoms with Gasteiger partial charge in [-0.2, -0.15) is 0 Å². The van der Waals surface area contributed by atoms with E-state index in [2.05, 4.69) is 6.92 Å². The third-order valence-corrected chi connectivity index (χ3v) is 4.48. The number of hydrogen-bond acceptors (Lipinski definition) is 4. The summed E-state index contributed by atoms with van der Waals surface area (Å²) in [5.74, 6) is -0.734. The van der Waals surface area contributed by atoms with E-state index in [1.165, 1.54) is 37.8 Å². The molecule has 0 amide bonds. The molecule has 0 saturated carbocycles. The molecule has 0 saturated heterocycles. The maximum Gasteiger partial charge on any atom is 0.311 e. The summed E-state index contributed by atoms with van der Waals surface area (Å²) < 4.78 is 10.3. The predicted molar refractivity (Wildman–Crippen MR) is 105 cm³/mol. The van der Waals surface area contributed by atoms with Crippen LogP contribution in [-0.2, 0) is 14.3 Å². The van der Waals surface area contributed by atoms with E-state index in [4.69, 9.17) is 44.3 Å². The van der Waals surface area contributed by atoms with E-state index in [9.17, 15) is 9.59 Å². The SMILES string of the molecule is CCCCCCCCOC(=O)CCCC(=O)Oc1c(Cl)cc(Cl)cc1Cl. The fraction of sp³-hybridized carbons (Fsp3) is 0.579. The summed E-state index contributed by atoms with van der Waals surface area (Å²) in [7, 11) is 0. The van der Waals surface area contributed by atoms with Crippen LogP contribution >= 0.6 is 34.8 Å². The van der Waals surface area contributed by atoms with E-state index in [1.807, 2.05) is 0 Å². The Bertz CT molecular complexity index is 567. The van der Waals surface area contributed by atoms with Gasteiger partial charge >= 0.3 is 11.9 Å². The van der Waals surface area contributed by atoms with Gasteiger partial charge in [-0.05, 0) is 25.0 Å². The van der Waals surface area contributed by atoms with Crippen molar-refractivity contribution in [3.63, 3.8) is 0 Å². The second-order valence-electron chi connectivity index (χ2n) is 6.01. The molecule has 0 N–H and O–H groups in total. The second kappa shape index (κ2) is 13.2. The number of esters is 2. The van der Waals surface area contributed by atoms with Crippen molar-refractivity contribution >= 4 is 46.7 Å². The summed E-state index contributed by atoms with van der Waals surface area (Å²) in [6, 6.07) is 2.88. The lowest BCUT2D eigenvalue weighted by Crippen LogP contribution is -2.11. The number of rotatable bonds is 12. The molecule has 7 heteroatoms. The summed E-state index contributed by atoms with van der Waals surface area (Å²) in [6.07, 6.45) is 7.41. The standard InChI is InChI=1S/C19H25Cl3O4/c1-2-3-4-5-6-7-11-25-17(23)9-8-10-18(24)26-19-15(21)12-14(20)13-16(19)22/h12-13H,2-11H2,1H3. The van der Waals surface area contributed by atoms with Gasteiger partial charge in [0.15, 0.2) is 5.75 Å². The highest BCUT2D eigenvalue weighted by molar-refractivity contribution is 6.40. The van der Waals surface area contributed by atoms with Crippen molar-refractivity contribution in [3.8, 4) is 5.75 Å². The number of carbonyl (C=O) groups is 2. The Morgan fingerprint density at radius 1 is 0.846 bits per heavy atom. The van der Waals surface area contributed by atoms with Crippen LogP contribution in [0.3, 0.4) is 0 Å². The van der Waals surface area contributed by atoms with Gasteiger partial charge in [0, 0.05) is 17.9 Å². The lowest BCUT2D eigenvalue weighted by Gasteiger charge is -2.09. The second-order valence-corrected chi connectivity index (χ2v) is 7.27. The van der Waals surface area contributed by atoms with Gasteiger partial charge in [0.05, 0.1) is 16.7 Å². The van der Waals surface area contributed by atoms with Crippen LogP contribution in [0.4, 0.5) is 0 Å². The summed E-state index contributed by atoms with van der Waals surface area (Å²) in [5, 5.41) is 0.677. The first-order valence-electron chi connectivity index (χ1n) is 8.95. The van der Waals surface area contributed by atoms with Gasteiger partial charge in [0.1, 0.15) is 0 Å². The molecule has 0 unspecified atom stereocenters. The molecule has 0 spiro atoms. The highest BCUT2D eigenvalue weighted by atomic mass is 35.5. The molecule has 26 heavy (non-hydrogen) atoms. The van der Waals surface area contributed by atoms with E-state index >= 15 is 0 Å². The molecular formula is C19H25Cl3O4. The van der Waals surface area contributed by atoms with Crippen LogP contribution in [0.1, 0.15) is 64.7 Å². The van der Waals surface area contributed by atoms with Crippen LogP contribution in [-0.4, -0.2) is 18.5 Å². The van der Waals surface area contributed by atoms with Crippen LogP contribution in [0.2, 0.25) is 15.1 Å². The van der Waals surface area contributed by atoms with Crippen LogP contribution in [0.15, 0.2) is 12.1 Å². The zero-order valence-electron chi connectivity index (χ0n) is 15.0. The molecule has 1 aromatic rings. The summed E-state index contributed by atoms with van der Waals surface area (Å²) in [5.41, 5.74) is 0. The molecular weight excluding hydrogens is 399 g/mol. The third kappa shape index (κ3) is 9.65. The lowest BCUT2D eigenvalue weighted by molar-refractivity contribution is -0.144. The van der Waals surface area contributed by atoms with Gasteiger partial charge in [-0.3, -0.25) is 9.59 Å². The molecule has 1 aromatic carbocycles. The molecule has 146 valence electrons. The van der Waals surface area contributed by atoms with Crippen molar-refractivity contribution in [2.75, 3.05) is 6.61 Å². The molecule has 0 bridgehead atoms. The molecule has 4 nitrogen and oxygen atoms in total. The van der Waals surface area contributed by atoms with E-state index in [0.717, 1.165) is 12.8 Å². The number of hydrogen-bond donors (Lipinski definition) is 0. The van der Waals surface area contributed by atoms with E-state index < -0.39 is 5.97 Å². The smallest absolute Gasteiger partial charge is 0.311 e. The van der Waals surface area contributed by atoms with Crippen LogP contribution < -0.4 is 4.74 Å². The molecule has 0 radical (unpaired) electrons. The zero-order valence-corrected chi connectivity index (χ0v) is 17.3. The first-order valence-corrected chi connectivity index (χ1v) is 10.1. The Labute approximate surface area is 170 Å². The normalized spacial score (nSPS) is 10.6. The minimum absolute atomic E-state index is 0.0708. The minimum Gasteiger partial charge on any atom is -0.466 e. The number of unbranched alkanes of at least 4 members (excludes halogenated alkanes) is 5. The largest absolute Gasteiger partial charge is 0.466 e. The van der Waals surface area contributed by atoms with Crippen molar-refractivity contribution in [2.45, 2.75) is 64.7 Å². The van der Waals surface area contributed by atoms with Gasteiger partial charge in [0.25, 0.3) is 0 Å². The fourth-order valence-electron chi connectivity index (χ4n) is 2.31. The first-order chi connectivity index (χ1) is 12.4. The quantitative estimate of drug-likeness (QED) is 0.215. The number of benzene rings is 1. The Balaban J connectivity index is 2.17. The van der Waals surface area contributed by atoms with Crippen molar-refractivity contribution in [1.29, 1.82) is 0 Å².